The van der Waals surface area contributed by atoms with Gasteiger partial charge in [-0.25, -0.2) is 9.97 Å². The maximum atomic E-state index is 13.4. The number of fused-ring (bicyclic) bond motifs is 4. The number of imidazole rings is 1. The van der Waals surface area contributed by atoms with Gasteiger partial charge in [-0.1, -0.05) is 18.2 Å². The maximum Gasteiger partial charge on any atom is 0.265 e. The lowest BCUT2D eigenvalue weighted by Crippen LogP contribution is -2.34. The summed E-state index contributed by atoms with van der Waals surface area (Å²) in [4.78, 5) is 22.6. The number of para-hydroxylation sites is 2. The number of nitrogens with one attached hydrogen (secondary N) is 1. The standard InChI is InChI=1S/C27H16IN5O2/c1-15-19(13-29)25-31-21-7-2-3-8-23(21)33(25)27(34)20(15)14-30-18-9-10-24-22(12-18)32-26(35-24)16-5-4-6-17(28)11-16/h2-12,14,30H,1H3. The topological polar surface area (TPSA) is 96.2 Å². The first-order chi connectivity index (χ1) is 17.0. The number of rotatable bonds is 3. The van der Waals surface area contributed by atoms with Gasteiger partial charge in [0.15, 0.2) is 11.2 Å². The van der Waals surface area contributed by atoms with Crippen LogP contribution in [0.15, 0.2) is 75.9 Å². The third kappa shape index (κ3) is 3.52. The van der Waals surface area contributed by atoms with E-state index in [1.165, 1.54) is 4.40 Å². The predicted octanol–water partition coefficient (Wildman–Crippen LogP) is 5.01. The minimum Gasteiger partial charge on any atom is -0.436 e. The third-order valence-corrected chi connectivity index (χ3v) is 6.62. The number of hydrogen-bond acceptors (Lipinski definition) is 6. The van der Waals surface area contributed by atoms with E-state index in [1.807, 2.05) is 66.7 Å². The van der Waals surface area contributed by atoms with Gasteiger partial charge in [0.1, 0.15) is 11.6 Å². The Bertz CT molecular complexity index is 1950. The molecule has 3 heterocycles. The van der Waals surface area contributed by atoms with Crippen molar-refractivity contribution in [2.45, 2.75) is 6.92 Å². The molecule has 7 nitrogen and oxygen atoms in total. The fourth-order valence-corrected chi connectivity index (χ4v) is 4.75. The Labute approximate surface area is 212 Å². The van der Waals surface area contributed by atoms with Gasteiger partial charge in [-0.2, -0.15) is 5.26 Å². The maximum absolute atomic E-state index is 13.4. The number of aromatic nitrogens is 3. The van der Waals surface area contributed by atoms with Crippen LogP contribution in [0.4, 0.5) is 5.69 Å². The van der Waals surface area contributed by atoms with Gasteiger partial charge in [-0.3, -0.25) is 9.20 Å². The predicted molar refractivity (Wildman–Crippen MR) is 144 cm³/mol. The molecule has 0 saturated carbocycles. The normalized spacial score (nSPS) is 12.0. The monoisotopic (exact) mass is 569 g/mol. The average molecular weight is 569 g/mol. The van der Waals surface area contributed by atoms with Crippen molar-refractivity contribution in [1.82, 2.24) is 14.4 Å². The fourth-order valence-electron chi connectivity index (χ4n) is 4.20. The van der Waals surface area contributed by atoms with Gasteiger partial charge in [-0.15, -0.1) is 0 Å². The number of oxazole rings is 1. The van der Waals surface area contributed by atoms with Crippen molar-refractivity contribution < 1.29 is 4.42 Å². The van der Waals surface area contributed by atoms with Crippen LogP contribution in [-0.2, 0) is 0 Å². The first-order valence-electron chi connectivity index (χ1n) is 10.8. The number of nitriles is 1. The van der Waals surface area contributed by atoms with Crippen LogP contribution in [0.25, 0.3) is 45.4 Å². The molecule has 0 fully saturated rings. The molecule has 6 aromatic rings. The highest BCUT2D eigenvalue weighted by molar-refractivity contribution is 14.1. The highest BCUT2D eigenvalue weighted by atomic mass is 127. The van der Waals surface area contributed by atoms with E-state index < -0.39 is 0 Å². The molecular weight excluding hydrogens is 553 g/mol. The van der Waals surface area contributed by atoms with Crippen molar-refractivity contribution in [3.63, 3.8) is 0 Å². The SMILES string of the molecule is Cc1c(C#N)c2nc3ccccc3n2c(=O)c1=CNc1ccc2oc(-c3cccc(I)c3)nc2c1. The van der Waals surface area contributed by atoms with Gasteiger partial charge in [-0.05, 0) is 83.6 Å². The van der Waals surface area contributed by atoms with Gasteiger partial charge in [0.2, 0.25) is 5.89 Å². The summed E-state index contributed by atoms with van der Waals surface area (Å²) in [7, 11) is 0. The van der Waals surface area contributed by atoms with Crippen LogP contribution in [0.2, 0.25) is 0 Å². The molecule has 35 heavy (non-hydrogen) atoms. The summed E-state index contributed by atoms with van der Waals surface area (Å²) in [5.74, 6) is 0.549. The second-order valence-electron chi connectivity index (χ2n) is 8.09. The molecule has 0 amide bonds. The Morgan fingerprint density at radius 3 is 2.74 bits per heavy atom. The van der Waals surface area contributed by atoms with Gasteiger partial charge < -0.3 is 9.73 Å². The second-order valence-corrected chi connectivity index (χ2v) is 9.34. The van der Waals surface area contributed by atoms with Crippen LogP contribution in [0, 0.1) is 21.8 Å². The van der Waals surface area contributed by atoms with E-state index in [-0.39, 0.29) is 5.56 Å². The lowest BCUT2D eigenvalue weighted by Gasteiger charge is -2.04. The molecule has 8 heteroatoms. The van der Waals surface area contributed by atoms with E-state index in [9.17, 15) is 10.1 Å². The molecular formula is C27H16IN5O2. The molecule has 0 radical (unpaired) electrons. The number of anilines is 1. The zero-order chi connectivity index (χ0) is 24.1. The van der Waals surface area contributed by atoms with Crippen molar-refractivity contribution in [3.8, 4) is 17.5 Å². The molecule has 0 bridgehead atoms. The second kappa shape index (κ2) is 8.21. The Hall–Kier alpha value is -4.23. The molecule has 0 aliphatic rings. The van der Waals surface area contributed by atoms with Crippen LogP contribution < -0.4 is 16.1 Å². The van der Waals surface area contributed by atoms with Crippen LogP contribution >= 0.6 is 22.6 Å². The van der Waals surface area contributed by atoms with E-state index >= 15 is 0 Å². The van der Waals surface area contributed by atoms with Gasteiger partial charge >= 0.3 is 0 Å². The van der Waals surface area contributed by atoms with Crippen molar-refractivity contribution >= 4 is 62.3 Å². The number of pyridine rings is 1. The zero-order valence-electron chi connectivity index (χ0n) is 18.4. The molecule has 1 N–H and O–H groups in total. The van der Waals surface area contributed by atoms with E-state index in [1.54, 1.807) is 13.1 Å². The first kappa shape index (κ1) is 21.3. The number of hydrogen-bond donors (Lipinski definition) is 1. The molecule has 0 spiro atoms. The van der Waals surface area contributed by atoms with Gasteiger partial charge in [0.05, 0.1) is 21.8 Å². The summed E-state index contributed by atoms with van der Waals surface area (Å²) < 4.78 is 8.53. The molecule has 168 valence electrons. The molecule has 0 aliphatic heterocycles. The Morgan fingerprint density at radius 2 is 1.91 bits per heavy atom. The molecule has 3 aromatic heterocycles. The van der Waals surface area contributed by atoms with Crippen LogP contribution in [0.5, 0.6) is 0 Å². The molecule has 3 aromatic carbocycles. The Balaban J connectivity index is 1.45. The summed E-state index contributed by atoms with van der Waals surface area (Å²) in [5, 5.41) is 13.4. The van der Waals surface area contributed by atoms with Crippen LogP contribution in [0.1, 0.15) is 11.1 Å². The van der Waals surface area contributed by atoms with Crippen molar-refractivity contribution in [1.29, 1.82) is 5.26 Å². The Morgan fingerprint density at radius 1 is 1.06 bits per heavy atom. The van der Waals surface area contributed by atoms with Crippen LogP contribution in [-0.4, -0.2) is 14.4 Å². The summed E-state index contributed by atoms with van der Waals surface area (Å²) in [6, 6.07) is 23.1. The largest absolute Gasteiger partial charge is 0.436 e. The summed E-state index contributed by atoms with van der Waals surface area (Å²) in [5.41, 5.74) is 5.46. The molecule has 0 atom stereocenters. The lowest BCUT2D eigenvalue weighted by molar-refractivity contribution is 0.620. The number of halogens is 1. The van der Waals surface area contributed by atoms with Crippen molar-refractivity contribution in [3.05, 3.63) is 97.0 Å². The van der Waals surface area contributed by atoms with E-state index in [0.29, 0.717) is 50.0 Å². The smallest absolute Gasteiger partial charge is 0.265 e. The summed E-state index contributed by atoms with van der Waals surface area (Å²) in [6.07, 6.45) is 1.63. The number of nitrogens with zero attached hydrogens (tertiary/aromatic N) is 4. The molecule has 0 aliphatic carbocycles. The Kier molecular flexibility index (Phi) is 5.00. The highest BCUT2D eigenvalue weighted by Crippen LogP contribution is 2.27. The van der Waals surface area contributed by atoms with Crippen molar-refractivity contribution in [2.75, 3.05) is 5.32 Å². The van der Waals surface area contributed by atoms with E-state index in [2.05, 4.69) is 43.9 Å². The van der Waals surface area contributed by atoms with Crippen molar-refractivity contribution in [2.24, 2.45) is 0 Å². The molecule has 0 saturated heterocycles. The quantitative estimate of drug-likeness (QED) is 0.301. The minimum atomic E-state index is -0.235. The third-order valence-electron chi connectivity index (χ3n) is 5.95. The average Bonchev–Trinajstić information content (AvgIpc) is 3.46. The van der Waals surface area contributed by atoms with E-state index in [4.69, 9.17) is 4.42 Å². The fraction of sp³-hybridized carbons (Fsp3) is 0.0370. The first-order valence-corrected chi connectivity index (χ1v) is 11.9. The van der Waals surface area contributed by atoms with Gasteiger partial charge in [0.25, 0.3) is 5.56 Å². The molecule has 0 unspecified atom stereocenters. The molecule has 6 rings (SSSR count). The van der Waals surface area contributed by atoms with E-state index in [0.717, 1.165) is 14.8 Å². The van der Waals surface area contributed by atoms with Gasteiger partial charge in [0, 0.05) is 21.0 Å². The zero-order valence-corrected chi connectivity index (χ0v) is 20.6. The highest BCUT2D eigenvalue weighted by Gasteiger charge is 2.16. The minimum absolute atomic E-state index is 0.235. The summed E-state index contributed by atoms with van der Waals surface area (Å²) >= 11 is 2.26. The lowest BCUT2D eigenvalue weighted by atomic mass is 10.1. The number of benzene rings is 3. The van der Waals surface area contributed by atoms with Crippen LogP contribution in [0.3, 0.4) is 0 Å². The summed E-state index contributed by atoms with van der Waals surface area (Å²) in [6.45, 7) is 1.77.